The molecule has 1 N–H and O–H groups in total. The maximum Gasteiger partial charge on any atom is 0.211 e. The topological polar surface area (TPSA) is 71.5 Å². The Morgan fingerprint density at radius 3 is 2.76 bits per heavy atom. The zero-order valence-electron chi connectivity index (χ0n) is 12.5. The van der Waals surface area contributed by atoms with Crippen molar-refractivity contribution < 1.29 is 13.2 Å². The van der Waals surface area contributed by atoms with Crippen LogP contribution in [0.4, 0.5) is 0 Å². The lowest BCUT2D eigenvalue weighted by Gasteiger charge is -2.31. The van der Waals surface area contributed by atoms with Crippen molar-refractivity contribution in [3.63, 3.8) is 0 Å². The van der Waals surface area contributed by atoms with Gasteiger partial charge in [-0.25, -0.2) is 12.7 Å². The maximum atomic E-state index is 11.4. The molecule has 1 saturated heterocycles. The molecule has 0 aromatic carbocycles. The first-order valence-corrected chi connectivity index (χ1v) is 9.05. The molecule has 118 valence electrons. The van der Waals surface area contributed by atoms with Gasteiger partial charge in [0.25, 0.3) is 0 Å². The van der Waals surface area contributed by atoms with E-state index in [1.54, 1.807) is 16.7 Å². The van der Waals surface area contributed by atoms with Crippen molar-refractivity contribution in [1.82, 2.24) is 14.6 Å². The SMILES string of the molecule is C[C@H](CNC1CCN(S(C)(=O)=O)CC1)Oc1cccnc1. The van der Waals surface area contributed by atoms with E-state index in [1.165, 1.54) is 6.26 Å². The van der Waals surface area contributed by atoms with Gasteiger partial charge in [0.1, 0.15) is 11.9 Å². The van der Waals surface area contributed by atoms with Crippen LogP contribution in [-0.2, 0) is 10.0 Å². The number of sulfonamides is 1. The third-order valence-corrected chi connectivity index (χ3v) is 4.89. The number of pyridine rings is 1. The molecular formula is C14H23N3O3S. The number of hydrogen-bond donors (Lipinski definition) is 1. The van der Waals surface area contributed by atoms with Crippen molar-refractivity contribution in [2.24, 2.45) is 0 Å². The van der Waals surface area contributed by atoms with Gasteiger partial charge in [0.05, 0.1) is 12.5 Å². The second-order valence-electron chi connectivity index (χ2n) is 5.46. The zero-order chi connectivity index (χ0) is 15.3. The highest BCUT2D eigenvalue weighted by molar-refractivity contribution is 7.88. The zero-order valence-corrected chi connectivity index (χ0v) is 13.3. The number of nitrogens with one attached hydrogen (secondary N) is 1. The summed E-state index contributed by atoms with van der Waals surface area (Å²) < 4.78 is 30.2. The van der Waals surface area contributed by atoms with Gasteiger partial charge < -0.3 is 10.1 Å². The van der Waals surface area contributed by atoms with Gasteiger partial charge in [-0.1, -0.05) is 0 Å². The highest BCUT2D eigenvalue weighted by Gasteiger charge is 2.24. The Balaban J connectivity index is 1.70. The minimum absolute atomic E-state index is 0.0436. The fourth-order valence-electron chi connectivity index (χ4n) is 2.41. The van der Waals surface area contributed by atoms with E-state index < -0.39 is 10.0 Å². The Morgan fingerprint density at radius 1 is 1.48 bits per heavy atom. The molecule has 1 fully saturated rings. The summed E-state index contributed by atoms with van der Waals surface area (Å²) in [4.78, 5) is 4.01. The number of piperidine rings is 1. The van der Waals surface area contributed by atoms with Crippen LogP contribution >= 0.6 is 0 Å². The van der Waals surface area contributed by atoms with Gasteiger partial charge >= 0.3 is 0 Å². The average molecular weight is 313 g/mol. The van der Waals surface area contributed by atoms with Crippen molar-refractivity contribution >= 4 is 10.0 Å². The number of nitrogens with zero attached hydrogens (tertiary/aromatic N) is 2. The van der Waals surface area contributed by atoms with Crippen LogP contribution in [0.15, 0.2) is 24.5 Å². The molecule has 2 rings (SSSR count). The molecular weight excluding hydrogens is 290 g/mol. The lowest BCUT2D eigenvalue weighted by Crippen LogP contribution is -2.46. The summed E-state index contributed by atoms with van der Waals surface area (Å²) >= 11 is 0. The molecule has 0 unspecified atom stereocenters. The van der Waals surface area contributed by atoms with Gasteiger partial charge in [-0.15, -0.1) is 0 Å². The van der Waals surface area contributed by atoms with Crippen LogP contribution in [0.25, 0.3) is 0 Å². The average Bonchev–Trinajstić information content (AvgIpc) is 2.46. The van der Waals surface area contributed by atoms with Crippen LogP contribution in [0, 0.1) is 0 Å². The molecule has 1 aliphatic heterocycles. The van der Waals surface area contributed by atoms with E-state index in [1.807, 2.05) is 19.1 Å². The largest absolute Gasteiger partial charge is 0.488 e. The molecule has 0 radical (unpaired) electrons. The third-order valence-electron chi connectivity index (χ3n) is 3.59. The van der Waals surface area contributed by atoms with Gasteiger partial charge in [-0.3, -0.25) is 4.98 Å². The van der Waals surface area contributed by atoms with Crippen molar-refractivity contribution in [3.8, 4) is 5.75 Å². The summed E-state index contributed by atoms with van der Waals surface area (Å²) in [5, 5.41) is 3.45. The predicted molar refractivity (Wildman–Crippen MR) is 81.8 cm³/mol. The number of rotatable bonds is 6. The number of hydrogen-bond acceptors (Lipinski definition) is 5. The molecule has 6 nitrogen and oxygen atoms in total. The van der Waals surface area contributed by atoms with E-state index in [2.05, 4.69) is 10.3 Å². The van der Waals surface area contributed by atoms with Crippen LogP contribution in [0.1, 0.15) is 19.8 Å². The first-order valence-electron chi connectivity index (χ1n) is 7.20. The second-order valence-corrected chi connectivity index (χ2v) is 7.44. The Kier molecular flexibility index (Phi) is 5.55. The lowest BCUT2D eigenvalue weighted by molar-refractivity contribution is 0.199. The van der Waals surface area contributed by atoms with Crippen LogP contribution < -0.4 is 10.1 Å². The first kappa shape index (κ1) is 16.2. The Hall–Kier alpha value is -1.18. The molecule has 0 amide bonds. The van der Waals surface area contributed by atoms with Gasteiger partial charge in [0.15, 0.2) is 0 Å². The standard InChI is InChI=1S/C14H23N3O3S/c1-12(20-14-4-3-7-15-11-14)10-16-13-5-8-17(9-6-13)21(2,18)19/h3-4,7,11-13,16H,5-6,8-10H2,1-2H3/t12-/m1/s1. The quantitative estimate of drug-likeness (QED) is 0.843. The van der Waals surface area contributed by atoms with Crippen molar-refractivity contribution in [2.75, 3.05) is 25.9 Å². The smallest absolute Gasteiger partial charge is 0.211 e. The van der Waals surface area contributed by atoms with E-state index in [0.717, 1.165) is 25.1 Å². The van der Waals surface area contributed by atoms with Gasteiger partial charge in [0.2, 0.25) is 10.0 Å². The Morgan fingerprint density at radius 2 is 2.19 bits per heavy atom. The third kappa shape index (κ3) is 5.26. The summed E-state index contributed by atoms with van der Waals surface area (Å²) in [6.07, 6.45) is 6.40. The van der Waals surface area contributed by atoms with Crippen molar-refractivity contribution in [1.29, 1.82) is 0 Å². The summed E-state index contributed by atoms with van der Waals surface area (Å²) in [6, 6.07) is 4.08. The molecule has 0 bridgehead atoms. The number of ether oxygens (including phenoxy) is 1. The summed E-state index contributed by atoms with van der Waals surface area (Å²) in [6.45, 7) is 3.92. The highest BCUT2D eigenvalue weighted by Crippen LogP contribution is 2.14. The Bertz CT molecular complexity index is 528. The van der Waals surface area contributed by atoms with Crippen molar-refractivity contribution in [2.45, 2.75) is 31.9 Å². The minimum atomic E-state index is -3.05. The van der Waals surface area contributed by atoms with Gasteiger partial charge in [-0.05, 0) is 31.9 Å². The molecule has 0 spiro atoms. The van der Waals surface area contributed by atoms with Crippen LogP contribution in [0.3, 0.4) is 0 Å². The van der Waals surface area contributed by atoms with Crippen LogP contribution in [-0.4, -0.2) is 55.7 Å². The monoisotopic (exact) mass is 313 g/mol. The molecule has 1 aromatic rings. The molecule has 0 aliphatic carbocycles. The van der Waals surface area contributed by atoms with Crippen LogP contribution in [0.2, 0.25) is 0 Å². The molecule has 7 heteroatoms. The summed E-state index contributed by atoms with van der Waals surface area (Å²) in [7, 11) is -3.05. The maximum absolute atomic E-state index is 11.4. The second kappa shape index (κ2) is 7.20. The van der Waals surface area contributed by atoms with E-state index in [-0.39, 0.29) is 6.10 Å². The van der Waals surface area contributed by atoms with E-state index >= 15 is 0 Å². The molecule has 0 saturated carbocycles. The predicted octanol–water partition coefficient (Wildman–Crippen LogP) is 0.863. The number of aromatic nitrogens is 1. The molecule has 21 heavy (non-hydrogen) atoms. The van der Waals surface area contributed by atoms with Crippen molar-refractivity contribution in [3.05, 3.63) is 24.5 Å². The van der Waals surface area contributed by atoms with E-state index in [4.69, 9.17) is 4.74 Å². The van der Waals surface area contributed by atoms with Gasteiger partial charge in [0, 0.05) is 31.9 Å². The fourth-order valence-corrected chi connectivity index (χ4v) is 3.29. The molecule has 2 heterocycles. The highest BCUT2D eigenvalue weighted by atomic mass is 32.2. The summed E-state index contributed by atoms with van der Waals surface area (Å²) in [5.41, 5.74) is 0. The normalized spacial score (nSPS) is 19.3. The summed E-state index contributed by atoms with van der Waals surface area (Å²) in [5.74, 6) is 0.763. The van der Waals surface area contributed by atoms with Crippen LogP contribution in [0.5, 0.6) is 5.75 Å². The van der Waals surface area contributed by atoms with Gasteiger partial charge in [-0.2, -0.15) is 0 Å². The first-order chi connectivity index (χ1) is 9.95. The molecule has 1 atom stereocenters. The van der Waals surface area contributed by atoms with E-state index in [9.17, 15) is 8.42 Å². The molecule has 1 aliphatic rings. The molecule has 1 aromatic heterocycles. The Labute approximate surface area is 126 Å². The van der Waals surface area contributed by atoms with E-state index in [0.29, 0.717) is 19.1 Å². The minimum Gasteiger partial charge on any atom is -0.488 e. The lowest BCUT2D eigenvalue weighted by atomic mass is 10.1. The fraction of sp³-hybridized carbons (Fsp3) is 0.643.